The van der Waals surface area contributed by atoms with Gasteiger partial charge in [-0.15, -0.1) is 0 Å². The zero-order valence-corrected chi connectivity index (χ0v) is 11.8. The van der Waals surface area contributed by atoms with Crippen LogP contribution in [0.15, 0.2) is 12.8 Å². The molecule has 0 bridgehead atoms. The van der Waals surface area contributed by atoms with Crippen LogP contribution in [-0.2, 0) is 9.47 Å². The van der Waals surface area contributed by atoms with Crippen molar-refractivity contribution in [3.05, 3.63) is 12.8 Å². The molecule has 17 heavy (non-hydrogen) atoms. The molecule has 0 unspecified atom stereocenters. The molecule has 1 aliphatic heterocycles. The first kappa shape index (κ1) is 14.5. The van der Waals surface area contributed by atoms with E-state index in [1.807, 2.05) is 0 Å². The van der Waals surface area contributed by atoms with Crippen LogP contribution >= 0.6 is 0 Å². The fourth-order valence-electron chi connectivity index (χ4n) is 2.74. The Morgan fingerprint density at radius 3 is 2.24 bits per heavy atom. The lowest BCUT2D eigenvalue weighted by molar-refractivity contribution is -0.109. The van der Waals surface area contributed by atoms with E-state index < -0.39 is 0 Å². The monoisotopic (exact) mass is 241 g/mol. The minimum Gasteiger partial charge on any atom is -0.499 e. The van der Waals surface area contributed by atoms with E-state index >= 15 is 0 Å². The first-order valence-electron chi connectivity index (χ1n) is 6.48. The Morgan fingerprint density at radius 1 is 1.12 bits per heavy atom. The minimum atomic E-state index is 0.223. The van der Waals surface area contributed by atoms with Crippen molar-refractivity contribution in [2.45, 2.75) is 58.0 Å². The maximum atomic E-state index is 5.70. The molecule has 1 aliphatic rings. The summed E-state index contributed by atoms with van der Waals surface area (Å²) in [5.41, 5.74) is 0.447. The second-order valence-electron chi connectivity index (χ2n) is 5.98. The number of ether oxygens (including phenoxy) is 2. The number of likely N-dealkylation sites (tertiary alicyclic amines) is 1. The van der Waals surface area contributed by atoms with Crippen molar-refractivity contribution >= 4 is 0 Å². The smallest absolute Gasteiger partial charge is 0.111 e. The minimum absolute atomic E-state index is 0.223. The molecule has 0 aromatic rings. The molecule has 1 fully saturated rings. The molecule has 0 amide bonds. The molecule has 0 radical (unpaired) electrons. The highest BCUT2D eigenvalue weighted by atomic mass is 16.5. The van der Waals surface area contributed by atoms with Gasteiger partial charge in [0.1, 0.15) is 13.3 Å². The largest absolute Gasteiger partial charge is 0.499 e. The molecule has 0 atom stereocenters. The Kier molecular flexibility index (Phi) is 5.02. The van der Waals surface area contributed by atoms with Gasteiger partial charge >= 0.3 is 0 Å². The molecule has 0 aromatic heterocycles. The van der Waals surface area contributed by atoms with Gasteiger partial charge in [0.2, 0.25) is 0 Å². The zero-order chi connectivity index (χ0) is 12.9. The second-order valence-corrected chi connectivity index (χ2v) is 5.98. The van der Waals surface area contributed by atoms with Crippen LogP contribution in [0.1, 0.15) is 47.0 Å². The number of piperidine rings is 1. The summed E-state index contributed by atoms with van der Waals surface area (Å²) in [5, 5.41) is 0. The summed E-state index contributed by atoms with van der Waals surface area (Å²) in [7, 11) is 0. The standard InChI is InChI=1S/C14H27NO2/c1-6-16-10-11-17-12-15-13(2,3)8-7-9-14(15,4)5/h6H,1,7-12H2,2-5H3. The summed E-state index contributed by atoms with van der Waals surface area (Å²) in [6.07, 6.45) is 5.24. The maximum absolute atomic E-state index is 5.70. The van der Waals surface area contributed by atoms with E-state index in [0.717, 1.165) is 0 Å². The van der Waals surface area contributed by atoms with Crippen LogP contribution in [0.3, 0.4) is 0 Å². The van der Waals surface area contributed by atoms with Crippen LogP contribution in [0.25, 0.3) is 0 Å². The van der Waals surface area contributed by atoms with Gasteiger partial charge in [0.05, 0.1) is 12.9 Å². The van der Waals surface area contributed by atoms with Gasteiger partial charge in [0.25, 0.3) is 0 Å². The van der Waals surface area contributed by atoms with Crippen molar-refractivity contribution < 1.29 is 9.47 Å². The van der Waals surface area contributed by atoms with E-state index in [9.17, 15) is 0 Å². The van der Waals surface area contributed by atoms with Crippen molar-refractivity contribution in [2.75, 3.05) is 19.9 Å². The Bertz CT molecular complexity index is 233. The van der Waals surface area contributed by atoms with Crippen LogP contribution in [0.4, 0.5) is 0 Å². The van der Waals surface area contributed by atoms with Crippen LogP contribution in [0.2, 0.25) is 0 Å². The van der Waals surface area contributed by atoms with E-state index in [0.29, 0.717) is 19.9 Å². The number of nitrogens with zero attached hydrogens (tertiary/aromatic N) is 1. The molecule has 0 aliphatic carbocycles. The van der Waals surface area contributed by atoms with Gasteiger partial charge in [-0.1, -0.05) is 6.58 Å². The molecule has 0 spiro atoms. The van der Waals surface area contributed by atoms with Gasteiger partial charge < -0.3 is 9.47 Å². The SMILES string of the molecule is C=COCCOCN1C(C)(C)CCCC1(C)C. The fraction of sp³-hybridized carbons (Fsp3) is 0.857. The highest BCUT2D eigenvalue weighted by Gasteiger charge is 2.40. The number of hydrogen-bond donors (Lipinski definition) is 0. The average Bonchev–Trinajstić information content (AvgIpc) is 2.20. The molecule has 1 saturated heterocycles. The van der Waals surface area contributed by atoms with Crippen LogP contribution < -0.4 is 0 Å². The van der Waals surface area contributed by atoms with E-state index in [4.69, 9.17) is 9.47 Å². The van der Waals surface area contributed by atoms with Gasteiger partial charge in [0.15, 0.2) is 0 Å². The summed E-state index contributed by atoms with van der Waals surface area (Å²) in [5.74, 6) is 0. The van der Waals surface area contributed by atoms with Crippen molar-refractivity contribution in [3.8, 4) is 0 Å². The van der Waals surface area contributed by atoms with Crippen molar-refractivity contribution in [1.29, 1.82) is 0 Å². The van der Waals surface area contributed by atoms with Crippen molar-refractivity contribution in [3.63, 3.8) is 0 Å². The number of rotatable bonds is 6. The molecule has 0 aromatic carbocycles. The van der Waals surface area contributed by atoms with Gasteiger partial charge in [-0.05, 0) is 47.0 Å². The summed E-state index contributed by atoms with van der Waals surface area (Å²) in [6.45, 7) is 14.6. The third kappa shape index (κ3) is 4.00. The van der Waals surface area contributed by atoms with Crippen LogP contribution in [0.5, 0.6) is 0 Å². The van der Waals surface area contributed by atoms with Gasteiger partial charge in [0, 0.05) is 11.1 Å². The van der Waals surface area contributed by atoms with E-state index in [-0.39, 0.29) is 11.1 Å². The summed E-state index contributed by atoms with van der Waals surface area (Å²) >= 11 is 0. The first-order valence-corrected chi connectivity index (χ1v) is 6.48. The van der Waals surface area contributed by atoms with Gasteiger partial charge in [-0.2, -0.15) is 0 Å². The quantitative estimate of drug-likeness (QED) is 0.526. The molecule has 0 N–H and O–H groups in total. The maximum Gasteiger partial charge on any atom is 0.111 e. The predicted molar refractivity (Wildman–Crippen MR) is 70.8 cm³/mol. The van der Waals surface area contributed by atoms with Gasteiger partial charge in [-0.25, -0.2) is 0 Å². The Hall–Kier alpha value is -0.540. The molecule has 1 heterocycles. The average molecular weight is 241 g/mol. The lowest BCUT2D eigenvalue weighted by Gasteiger charge is -2.52. The van der Waals surface area contributed by atoms with Crippen LogP contribution in [-0.4, -0.2) is 35.9 Å². The Balaban J connectivity index is 2.44. The molecular formula is C14H27NO2. The highest BCUT2D eigenvalue weighted by Crippen LogP contribution is 2.37. The summed E-state index contributed by atoms with van der Waals surface area (Å²) in [4.78, 5) is 2.47. The summed E-state index contributed by atoms with van der Waals surface area (Å²) < 4.78 is 10.7. The normalized spacial score (nSPS) is 23.3. The Labute approximate surface area is 106 Å². The lowest BCUT2D eigenvalue weighted by Crippen LogP contribution is -2.59. The fourth-order valence-corrected chi connectivity index (χ4v) is 2.74. The topological polar surface area (TPSA) is 21.7 Å². The third-order valence-corrected chi connectivity index (χ3v) is 3.72. The van der Waals surface area contributed by atoms with E-state index in [2.05, 4.69) is 39.2 Å². The Morgan fingerprint density at radius 2 is 1.71 bits per heavy atom. The van der Waals surface area contributed by atoms with Crippen LogP contribution in [0, 0.1) is 0 Å². The second kappa shape index (κ2) is 5.87. The zero-order valence-electron chi connectivity index (χ0n) is 11.8. The van der Waals surface area contributed by atoms with E-state index in [1.54, 1.807) is 0 Å². The predicted octanol–water partition coefficient (Wildman–Crippen LogP) is 3.16. The molecule has 3 nitrogen and oxygen atoms in total. The van der Waals surface area contributed by atoms with Gasteiger partial charge in [-0.3, -0.25) is 4.90 Å². The van der Waals surface area contributed by atoms with E-state index in [1.165, 1.54) is 25.5 Å². The molecular weight excluding hydrogens is 214 g/mol. The highest BCUT2D eigenvalue weighted by molar-refractivity contribution is 4.95. The number of hydrogen-bond acceptors (Lipinski definition) is 3. The lowest BCUT2D eigenvalue weighted by atomic mass is 9.80. The summed E-state index contributed by atoms with van der Waals surface area (Å²) in [6, 6.07) is 0. The molecule has 3 heteroatoms. The van der Waals surface area contributed by atoms with Crippen molar-refractivity contribution in [2.24, 2.45) is 0 Å². The third-order valence-electron chi connectivity index (χ3n) is 3.72. The molecule has 1 rings (SSSR count). The molecule has 0 saturated carbocycles. The molecule has 100 valence electrons. The van der Waals surface area contributed by atoms with Crippen molar-refractivity contribution in [1.82, 2.24) is 4.90 Å². The first-order chi connectivity index (χ1) is 7.90.